The second kappa shape index (κ2) is 11.5. The lowest BCUT2D eigenvalue weighted by atomic mass is 9.95. The number of nitrogens with one attached hydrogen (secondary N) is 1. The number of aromatic nitrogens is 3. The van der Waals surface area contributed by atoms with Crippen LogP contribution in [0.15, 0.2) is 30.3 Å². The summed E-state index contributed by atoms with van der Waals surface area (Å²) in [4.78, 5) is 22.4. The van der Waals surface area contributed by atoms with E-state index >= 15 is 0 Å². The van der Waals surface area contributed by atoms with E-state index in [9.17, 15) is 13.2 Å². The van der Waals surface area contributed by atoms with Crippen LogP contribution in [0.3, 0.4) is 0 Å². The second-order valence-electron chi connectivity index (χ2n) is 11.7. The molecule has 1 saturated carbocycles. The quantitative estimate of drug-likeness (QED) is 0.415. The minimum atomic E-state index is -3.76. The highest BCUT2D eigenvalue weighted by Gasteiger charge is 2.29. The molecule has 0 spiro atoms. The first-order valence-electron chi connectivity index (χ1n) is 14.1. The lowest BCUT2D eigenvalue weighted by molar-refractivity contribution is 0.0574. The lowest BCUT2D eigenvalue weighted by Gasteiger charge is -2.42. The van der Waals surface area contributed by atoms with Crippen molar-refractivity contribution in [1.29, 1.82) is 0 Å². The minimum absolute atomic E-state index is 0.0281. The molecule has 0 radical (unpaired) electrons. The molecule has 2 aromatic heterocycles. The number of likely N-dealkylation sites (tertiary alicyclic amines) is 1. The highest BCUT2D eigenvalue weighted by molar-refractivity contribution is 7.89. The van der Waals surface area contributed by atoms with Crippen LogP contribution in [0.2, 0.25) is 0 Å². The monoisotopic (exact) mass is 568 g/mol. The van der Waals surface area contributed by atoms with Crippen molar-refractivity contribution in [1.82, 2.24) is 29.3 Å². The summed E-state index contributed by atoms with van der Waals surface area (Å²) in [7, 11) is 0.469. The molecule has 5 rings (SSSR count). The van der Waals surface area contributed by atoms with E-state index in [0.717, 1.165) is 68.1 Å². The number of hydrogen-bond donors (Lipinski definition) is 1. The topological polar surface area (TPSA) is 110 Å². The van der Waals surface area contributed by atoms with Crippen LogP contribution in [0.4, 0.5) is 0 Å². The standard InChI is InChI=1S/C29H40N6O4S/c1-19(2)39-29-26-24(21-13-11-20(12-14-21)16-34-17-23(18-34)33(3)4)15-25(28(36)32-40(5,37)38)30-27(26)35(31-29)22-9-7-6-8-10-22/h11-15,19,22-23H,6-10,16-18H2,1-5H3,(H,32,36). The first-order valence-corrected chi connectivity index (χ1v) is 16.0. The maximum absolute atomic E-state index is 13.0. The highest BCUT2D eigenvalue weighted by atomic mass is 32.2. The Balaban J connectivity index is 1.58. The Morgan fingerprint density at radius 3 is 2.40 bits per heavy atom. The van der Waals surface area contributed by atoms with E-state index in [4.69, 9.17) is 9.84 Å². The maximum Gasteiger partial charge on any atom is 0.283 e. The van der Waals surface area contributed by atoms with Crippen LogP contribution in [-0.2, 0) is 16.6 Å². The molecule has 2 aliphatic rings. The number of ether oxygens (including phenoxy) is 1. The molecule has 2 fully saturated rings. The van der Waals surface area contributed by atoms with Crippen LogP contribution in [0, 0.1) is 0 Å². The van der Waals surface area contributed by atoms with Gasteiger partial charge in [-0.25, -0.2) is 22.8 Å². The third-order valence-electron chi connectivity index (χ3n) is 7.75. The molecule has 3 aromatic rings. The van der Waals surface area contributed by atoms with Gasteiger partial charge in [0, 0.05) is 31.2 Å². The number of sulfonamides is 1. The van der Waals surface area contributed by atoms with Gasteiger partial charge >= 0.3 is 0 Å². The van der Waals surface area contributed by atoms with Gasteiger partial charge in [0.1, 0.15) is 5.69 Å². The summed E-state index contributed by atoms with van der Waals surface area (Å²) in [5.41, 5.74) is 3.40. The molecule has 3 heterocycles. The van der Waals surface area contributed by atoms with Crippen LogP contribution in [0.1, 0.15) is 68.0 Å². The number of fused-ring (bicyclic) bond motifs is 1. The maximum atomic E-state index is 13.0. The van der Waals surface area contributed by atoms with Crippen LogP contribution < -0.4 is 9.46 Å². The molecule has 216 valence electrons. The van der Waals surface area contributed by atoms with Crippen molar-refractivity contribution in [3.05, 3.63) is 41.6 Å². The van der Waals surface area contributed by atoms with Gasteiger partial charge in [-0.15, -0.1) is 5.10 Å². The molecular formula is C29H40N6O4S. The summed E-state index contributed by atoms with van der Waals surface area (Å²) in [6.07, 6.45) is 6.17. The molecule has 40 heavy (non-hydrogen) atoms. The van der Waals surface area contributed by atoms with Crippen molar-refractivity contribution < 1.29 is 17.9 Å². The number of rotatable bonds is 9. The zero-order valence-corrected chi connectivity index (χ0v) is 24.9. The number of likely N-dealkylation sites (N-methyl/N-ethyl adjacent to an activating group) is 1. The third-order valence-corrected chi connectivity index (χ3v) is 8.30. The van der Waals surface area contributed by atoms with Gasteiger partial charge < -0.3 is 9.64 Å². The lowest BCUT2D eigenvalue weighted by Crippen LogP contribution is -2.56. The van der Waals surface area contributed by atoms with Gasteiger partial charge in [-0.3, -0.25) is 9.69 Å². The molecule has 1 amide bonds. The predicted molar refractivity (Wildman–Crippen MR) is 156 cm³/mol. The fourth-order valence-corrected chi connectivity index (χ4v) is 6.04. The van der Waals surface area contributed by atoms with Gasteiger partial charge in [0.15, 0.2) is 5.65 Å². The van der Waals surface area contributed by atoms with Crippen LogP contribution in [0.5, 0.6) is 5.88 Å². The zero-order valence-electron chi connectivity index (χ0n) is 24.1. The van der Waals surface area contributed by atoms with E-state index in [0.29, 0.717) is 17.6 Å². The zero-order chi connectivity index (χ0) is 28.6. The molecule has 0 unspecified atom stereocenters. The Morgan fingerprint density at radius 2 is 1.80 bits per heavy atom. The Hall–Kier alpha value is -3.02. The largest absolute Gasteiger partial charge is 0.473 e. The van der Waals surface area contributed by atoms with Crippen LogP contribution in [0.25, 0.3) is 22.2 Å². The number of benzene rings is 1. The first-order chi connectivity index (χ1) is 19.0. The van der Waals surface area contributed by atoms with Gasteiger partial charge in [-0.2, -0.15) is 0 Å². The molecule has 11 heteroatoms. The third kappa shape index (κ3) is 6.31. The fraction of sp³-hybridized carbons (Fsp3) is 0.552. The average molecular weight is 569 g/mol. The predicted octanol–water partition coefficient (Wildman–Crippen LogP) is 3.83. The van der Waals surface area contributed by atoms with Crippen molar-refractivity contribution >= 4 is 27.0 Å². The normalized spacial score (nSPS) is 17.5. The molecule has 0 bridgehead atoms. The van der Waals surface area contributed by atoms with Crippen molar-refractivity contribution in [3.8, 4) is 17.0 Å². The molecule has 1 saturated heterocycles. The van der Waals surface area contributed by atoms with E-state index in [-0.39, 0.29) is 17.8 Å². The summed E-state index contributed by atoms with van der Waals surface area (Å²) < 4.78 is 33.9. The Labute approximate surface area is 236 Å². The molecule has 1 aromatic carbocycles. The van der Waals surface area contributed by atoms with Gasteiger partial charge in [0.2, 0.25) is 15.9 Å². The number of amides is 1. The number of carbonyl (C=O) groups is 1. The summed E-state index contributed by atoms with van der Waals surface area (Å²) >= 11 is 0. The van der Waals surface area contributed by atoms with Gasteiger partial charge in [-0.05, 0) is 58.0 Å². The van der Waals surface area contributed by atoms with Crippen molar-refractivity contribution in [2.24, 2.45) is 0 Å². The Morgan fingerprint density at radius 1 is 1.12 bits per heavy atom. The number of carbonyl (C=O) groups excluding carboxylic acids is 1. The SMILES string of the molecule is CC(C)Oc1nn(C2CCCCC2)c2nc(C(=O)NS(C)(=O)=O)cc(-c3ccc(CN4CC(N(C)C)C4)cc3)c12. The van der Waals surface area contributed by atoms with Crippen molar-refractivity contribution in [2.75, 3.05) is 33.4 Å². The van der Waals surface area contributed by atoms with Gasteiger partial charge in [0.25, 0.3) is 5.91 Å². The highest BCUT2D eigenvalue weighted by Crippen LogP contribution is 2.39. The summed E-state index contributed by atoms with van der Waals surface area (Å²) in [6, 6.07) is 10.7. The molecule has 1 aliphatic carbocycles. The average Bonchev–Trinajstić information content (AvgIpc) is 3.22. The Bertz CT molecular complexity index is 1470. The number of hydrogen-bond acceptors (Lipinski definition) is 8. The van der Waals surface area contributed by atoms with Crippen LogP contribution in [-0.4, -0.2) is 84.5 Å². The first kappa shape index (κ1) is 28.5. The second-order valence-corrected chi connectivity index (χ2v) is 13.4. The summed E-state index contributed by atoms with van der Waals surface area (Å²) in [5, 5.41) is 5.62. The summed E-state index contributed by atoms with van der Waals surface area (Å²) in [6.45, 7) is 6.89. The molecule has 1 N–H and O–H groups in total. The van der Waals surface area contributed by atoms with Gasteiger partial charge in [0.05, 0.1) is 23.8 Å². The van der Waals surface area contributed by atoms with E-state index < -0.39 is 15.9 Å². The molecule has 10 nitrogen and oxygen atoms in total. The molecule has 0 atom stereocenters. The molecular weight excluding hydrogens is 528 g/mol. The van der Waals surface area contributed by atoms with E-state index in [1.54, 1.807) is 6.07 Å². The van der Waals surface area contributed by atoms with Crippen molar-refractivity contribution in [3.63, 3.8) is 0 Å². The summed E-state index contributed by atoms with van der Waals surface area (Å²) in [5.74, 6) is -0.286. The van der Waals surface area contributed by atoms with Crippen molar-refractivity contribution in [2.45, 2.75) is 70.7 Å². The minimum Gasteiger partial charge on any atom is -0.473 e. The molecule has 1 aliphatic heterocycles. The van der Waals surface area contributed by atoms with Gasteiger partial charge in [-0.1, -0.05) is 43.5 Å². The number of nitrogens with zero attached hydrogens (tertiary/aromatic N) is 5. The number of pyridine rings is 1. The Kier molecular flexibility index (Phi) is 8.17. The van der Waals surface area contributed by atoms with E-state index in [1.807, 2.05) is 30.7 Å². The van der Waals surface area contributed by atoms with E-state index in [1.165, 1.54) is 12.0 Å². The van der Waals surface area contributed by atoms with Crippen LogP contribution >= 0.6 is 0 Å². The van der Waals surface area contributed by atoms with E-state index in [2.05, 4.69) is 45.7 Å². The smallest absolute Gasteiger partial charge is 0.283 e. The fourth-order valence-electron chi connectivity index (χ4n) is 5.60.